The zero-order valence-electron chi connectivity index (χ0n) is 18.2. The molecule has 0 radical (unpaired) electrons. The Labute approximate surface area is 182 Å². The number of rotatable bonds is 7. The normalized spacial score (nSPS) is 28.8. The monoisotopic (exact) mass is 424 g/mol. The van der Waals surface area contributed by atoms with Crippen LogP contribution in [0, 0.1) is 23.2 Å². The Morgan fingerprint density at radius 1 is 1.19 bits per heavy atom. The number of aliphatic hydroxyl groups is 1. The lowest BCUT2D eigenvalue weighted by molar-refractivity contribution is -0.124. The van der Waals surface area contributed by atoms with Crippen LogP contribution in [0.2, 0.25) is 0 Å². The summed E-state index contributed by atoms with van der Waals surface area (Å²) in [5.74, 6) is 2.96. The Bertz CT molecular complexity index is 963. The molecule has 0 aromatic carbocycles. The van der Waals surface area contributed by atoms with Gasteiger partial charge in [0.05, 0.1) is 6.61 Å². The van der Waals surface area contributed by atoms with Crippen molar-refractivity contribution in [1.82, 2.24) is 14.3 Å². The predicted molar refractivity (Wildman–Crippen MR) is 118 cm³/mol. The second kappa shape index (κ2) is 7.93. The topological polar surface area (TPSA) is 86.9 Å². The van der Waals surface area contributed by atoms with Crippen molar-refractivity contribution < 1.29 is 14.7 Å². The van der Waals surface area contributed by atoms with Gasteiger partial charge in [0.25, 0.3) is 5.91 Å². The van der Waals surface area contributed by atoms with Crippen LogP contribution in [0.25, 0.3) is 5.65 Å². The van der Waals surface area contributed by atoms with E-state index >= 15 is 0 Å². The average Bonchev–Trinajstić information content (AvgIpc) is 3.15. The third-order valence-electron chi connectivity index (χ3n) is 7.72. The third-order valence-corrected chi connectivity index (χ3v) is 7.72. The number of nitrogens with one attached hydrogen (secondary N) is 1. The summed E-state index contributed by atoms with van der Waals surface area (Å²) in [4.78, 5) is 31.8. The Morgan fingerprint density at radius 2 is 1.87 bits per heavy atom. The molecule has 2 amide bonds. The van der Waals surface area contributed by atoms with Gasteiger partial charge in [0.2, 0.25) is 5.91 Å². The molecular weight excluding hydrogens is 392 g/mol. The molecule has 0 aliphatic heterocycles. The van der Waals surface area contributed by atoms with E-state index < -0.39 is 0 Å². The first-order valence-corrected chi connectivity index (χ1v) is 11.7. The molecule has 0 unspecified atom stereocenters. The summed E-state index contributed by atoms with van der Waals surface area (Å²) in [6, 6.07) is 5.53. The molecular formula is C24H32N4O3. The molecule has 0 saturated heterocycles. The lowest BCUT2D eigenvalue weighted by atomic mass is 9.49. The van der Waals surface area contributed by atoms with E-state index in [4.69, 9.17) is 0 Å². The van der Waals surface area contributed by atoms with Crippen molar-refractivity contribution in [2.75, 3.05) is 25.0 Å². The smallest absolute Gasteiger partial charge is 0.274 e. The number of pyridine rings is 1. The van der Waals surface area contributed by atoms with Crippen molar-refractivity contribution in [3.63, 3.8) is 0 Å². The van der Waals surface area contributed by atoms with E-state index in [0.29, 0.717) is 30.1 Å². The fraction of sp³-hybridized carbons (Fsp3) is 0.625. The number of anilines is 1. The Kier molecular flexibility index (Phi) is 5.24. The summed E-state index contributed by atoms with van der Waals surface area (Å²) in [6.45, 7) is 2.57. The number of likely N-dealkylation sites (N-methyl/N-ethyl adjacent to an activating group) is 1. The third kappa shape index (κ3) is 3.84. The average molecular weight is 425 g/mol. The molecule has 4 aliphatic rings. The van der Waals surface area contributed by atoms with Crippen LogP contribution in [0.3, 0.4) is 0 Å². The van der Waals surface area contributed by atoms with E-state index in [9.17, 15) is 14.7 Å². The molecule has 0 spiro atoms. The van der Waals surface area contributed by atoms with Gasteiger partial charge < -0.3 is 15.3 Å². The molecule has 7 nitrogen and oxygen atoms in total. The number of nitrogens with zero attached hydrogens (tertiary/aromatic N) is 3. The summed E-state index contributed by atoms with van der Waals surface area (Å²) in [7, 11) is 0. The molecule has 4 fully saturated rings. The Morgan fingerprint density at radius 3 is 2.48 bits per heavy atom. The summed E-state index contributed by atoms with van der Waals surface area (Å²) in [5, 5.41) is 12.3. The number of amides is 2. The van der Waals surface area contributed by atoms with Crippen molar-refractivity contribution in [3.8, 4) is 0 Å². The van der Waals surface area contributed by atoms with E-state index in [2.05, 4.69) is 10.3 Å². The van der Waals surface area contributed by atoms with Gasteiger partial charge in [-0.15, -0.1) is 0 Å². The predicted octanol–water partition coefficient (Wildman–Crippen LogP) is 3.33. The zero-order valence-corrected chi connectivity index (χ0v) is 18.2. The summed E-state index contributed by atoms with van der Waals surface area (Å²) < 4.78 is 1.78. The molecule has 6 rings (SSSR count). The van der Waals surface area contributed by atoms with Crippen LogP contribution in [0.1, 0.15) is 62.4 Å². The van der Waals surface area contributed by atoms with E-state index in [1.807, 2.05) is 25.1 Å². The SMILES string of the molecule is CCN(CCO)C(=O)c1cn2c(NC(=O)CC34CC5CC(CC(C5)C3)C4)cccc2n1. The van der Waals surface area contributed by atoms with Crippen LogP contribution >= 0.6 is 0 Å². The van der Waals surface area contributed by atoms with Gasteiger partial charge in [-0.2, -0.15) is 0 Å². The quantitative estimate of drug-likeness (QED) is 0.714. The molecule has 4 bridgehead atoms. The summed E-state index contributed by atoms with van der Waals surface area (Å²) >= 11 is 0. The van der Waals surface area contributed by atoms with Crippen molar-refractivity contribution in [2.24, 2.45) is 23.2 Å². The number of aromatic nitrogens is 2. The van der Waals surface area contributed by atoms with Gasteiger partial charge in [-0.25, -0.2) is 4.98 Å². The van der Waals surface area contributed by atoms with Crippen LogP contribution < -0.4 is 5.32 Å². The van der Waals surface area contributed by atoms with Crippen molar-refractivity contribution in [1.29, 1.82) is 0 Å². The summed E-state index contributed by atoms with van der Waals surface area (Å²) in [5.41, 5.74) is 1.13. The minimum atomic E-state index is -0.217. The van der Waals surface area contributed by atoms with Gasteiger partial charge in [-0.3, -0.25) is 14.0 Å². The number of hydrogen-bond acceptors (Lipinski definition) is 4. The molecule has 4 saturated carbocycles. The van der Waals surface area contributed by atoms with Crippen LogP contribution in [-0.4, -0.2) is 50.9 Å². The second-order valence-electron chi connectivity index (χ2n) is 10.0. The van der Waals surface area contributed by atoms with Crippen LogP contribution in [0.15, 0.2) is 24.4 Å². The standard InChI is InChI=1S/C24H32N4O3/c1-2-27(6-7-29)23(31)19-15-28-20(25-19)4-3-5-21(28)26-22(30)14-24-11-16-8-17(12-24)10-18(9-16)13-24/h3-5,15-18,29H,2,6-14H2,1H3,(H,26,30). The number of aliphatic hydroxyl groups excluding tert-OH is 1. The van der Waals surface area contributed by atoms with E-state index in [1.165, 1.54) is 38.5 Å². The number of imidazole rings is 1. The van der Waals surface area contributed by atoms with Gasteiger partial charge in [0.15, 0.2) is 0 Å². The van der Waals surface area contributed by atoms with E-state index in [-0.39, 0.29) is 30.4 Å². The first-order chi connectivity index (χ1) is 15.0. The zero-order chi connectivity index (χ0) is 21.6. The molecule has 2 aromatic heterocycles. The molecule has 31 heavy (non-hydrogen) atoms. The molecule has 166 valence electrons. The minimum Gasteiger partial charge on any atom is -0.395 e. The van der Waals surface area contributed by atoms with Crippen molar-refractivity contribution >= 4 is 23.3 Å². The van der Waals surface area contributed by atoms with E-state index in [1.54, 1.807) is 15.5 Å². The van der Waals surface area contributed by atoms with Gasteiger partial charge >= 0.3 is 0 Å². The second-order valence-corrected chi connectivity index (χ2v) is 10.0. The highest BCUT2D eigenvalue weighted by molar-refractivity contribution is 5.94. The maximum absolute atomic E-state index is 13.1. The maximum Gasteiger partial charge on any atom is 0.274 e. The molecule has 2 N–H and O–H groups in total. The largest absolute Gasteiger partial charge is 0.395 e. The highest BCUT2D eigenvalue weighted by Gasteiger charge is 2.51. The molecule has 2 heterocycles. The number of hydrogen-bond donors (Lipinski definition) is 2. The highest BCUT2D eigenvalue weighted by Crippen LogP contribution is 2.61. The van der Waals surface area contributed by atoms with Crippen LogP contribution in [0.4, 0.5) is 5.82 Å². The molecule has 0 atom stereocenters. The molecule has 4 aliphatic carbocycles. The first kappa shape index (κ1) is 20.5. The van der Waals surface area contributed by atoms with Crippen molar-refractivity contribution in [3.05, 3.63) is 30.1 Å². The fourth-order valence-electron chi connectivity index (χ4n) is 6.94. The number of fused-ring (bicyclic) bond motifs is 1. The van der Waals surface area contributed by atoms with Crippen LogP contribution in [0.5, 0.6) is 0 Å². The highest BCUT2D eigenvalue weighted by atomic mass is 16.3. The van der Waals surface area contributed by atoms with Gasteiger partial charge in [-0.05, 0) is 80.8 Å². The summed E-state index contributed by atoms with van der Waals surface area (Å²) in [6.07, 6.45) is 10.0. The lowest BCUT2D eigenvalue weighted by Gasteiger charge is -2.56. The Hall–Kier alpha value is -2.41. The Balaban J connectivity index is 1.33. The lowest BCUT2D eigenvalue weighted by Crippen LogP contribution is -2.47. The minimum absolute atomic E-state index is 0.0616. The van der Waals surface area contributed by atoms with Gasteiger partial charge in [0, 0.05) is 25.7 Å². The molecule has 2 aromatic rings. The number of carbonyl (C=O) groups excluding carboxylic acids is 2. The van der Waals surface area contributed by atoms with Crippen LogP contribution in [-0.2, 0) is 4.79 Å². The maximum atomic E-state index is 13.1. The van der Waals surface area contributed by atoms with Gasteiger partial charge in [0.1, 0.15) is 17.2 Å². The fourth-order valence-corrected chi connectivity index (χ4v) is 6.94. The number of carbonyl (C=O) groups is 2. The molecule has 7 heteroatoms. The first-order valence-electron chi connectivity index (χ1n) is 11.7. The van der Waals surface area contributed by atoms with Crippen molar-refractivity contribution in [2.45, 2.75) is 51.9 Å². The van der Waals surface area contributed by atoms with E-state index in [0.717, 1.165) is 17.8 Å². The van der Waals surface area contributed by atoms with Gasteiger partial charge in [-0.1, -0.05) is 6.07 Å².